The Morgan fingerprint density at radius 3 is 2.62 bits per heavy atom. The van der Waals surface area contributed by atoms with Crippen LogP contribution in [-0.2, 0) is 22.7 Å². The molecule has 2 saturated heterocycles. The van der Waals surface area contributed by atoms with Crippen molar-refractivity contribution in [3.8, 4) is 0 Å². The fraction of sp³-hybridized carbons (Fsp3) is 0.591. The predicted octanol–water partition coefficient (Wildman–Crippen LogP) is 1.32. The van der Waals surface area contributed by atoms with E-state index in [2.05, 4.69) is 29.8 Å². The lowest BCUT2D eigenvalue weighted by molar-refractivity contribution is -0.136. The summed E-state index contributed by atoms with van der Waals surface area (Å²) in [5.41, 5.74) is 2.63. The second-order valence-electron chi connectivity index (χ2n) is 8.95. The van der Waals surface area contributed by atoms with E-state index in [-0.39, 0.29) is 29.7 Å². The number of fused-ring (bicyclic) bond motifs is 1. The van der Waals surface area contributed by atoms with Crippen molar-refractivity contribution >= 4 is 17.7 Å². The number of nitrogens with zero attached hydrogens (tertiary/aromatic N) is 1. The van der Waals surface area contributed by atoms with Crippen LogP contribution in [-0.4, -0.2) is 47.3 Å². The van der Waals surface area contributed by atoms with Crippen LogP contribution < -0.4 is 16.0 Å². The van der Waals surface area contributed by atoms with Gasteiger partial charge in [-0.05, 0) is 63.2 Å². The third-order valence-corrected chi connectivity index (χ3v) is 6.73. The van der Waals surface area contributed by atoms with Crippen LogP contribution >= 0.6 is 0 Å². The van der Waals surface area contributed by atoms with Gasteiger partial charge in [-0.1, -0.05) is 18.2 Å². The molecule has 3 heterocycles. The Balaban J connectivity index is 1.49. The van der Waals surface area contributed by atoms with Gasteiger partial charge in [0.2, 0.25) is 11.8 Å². The molecule has 0 spiro atoms. The normalized spacial score (nSPS) is 23.3. The fourth-order valence-corrected chi connectivity index (χ4v) is 4.85. The minimum Gasteiger partial charge on any atom is -0.322 e. The maximum Gasteiger partial charge on any atom is 0.255 e. The second-order valence-corrected chi connectivity index (χ2v) is 8.95. The average molecular weight is 399 g/mol. The van der Waals surface area contributed by atoms with Gasteiger partial charge in [-0.2, -0.15) is 0 Å². The minimum absolute atomic E-state index is 0.0181. The lowest BCUT2D eigenvalue weighted by Crippen LogP contribution is -2.52. The van der Waals surface area contributed by atoms with Crippen LogP contribution in [0.5, 0.6) is 0 Å². The van der Waals surface area contributed by atoms with Crippen LogP contribution in [0.2, 0.25) is 0 Å². The van der Waals surface area contributed by atoms with Crippen molar-refractivity contribution < 1.29 is 14.4 Å². The van der Waals surface area contributed by atoms with Crippen LogP contribution in [0.3, 0.4) is 0 Å². The van der Waals surface area contributed by atoms with E-state index in [1.807, 2.05) is 18.2 Å². The molecule has 29 heavy (non-hydrogen) atoms. The van der Waals surface area contributed by atoms with Gasteiger partial charge in [0.15, 0.2) is 0 Å². The van der Waals surface area contributed by atoms with Crippen LogP contribution in [0.15, 0.2) is 18.2 Å². The molecule has 1 atom stereocenters. The zero-order chi connectivity index (χ0) is 20.6. The quantitative estimate of drug-likeness (QED) is 0.651. The van der Waals surface area contributed by atoms with Gasteiger partial charge in [0, 0.05) is 30.6 Å². The molecule has 3 N–H and O–H groups in total. The maximum absolute atomic E-state index is 13.2. The monoisotopic (exact) mass is 398 g/mol. The van der Waals surface area contributed by atoms with E-state index in [1.165, 1.54) is 0 Å². The Labute approximate surface area is 171 Å². The number of nitrogens with one attached hydrogen (secondary N) is 3. The molecule has 1 aromatic rings. The first-order chi connectivity index (χ1) is 13.9. The molecule has 1 unspecified atom stereocenters. The largest absolute Gasteiger partial charge is 0.322 e. The fourth-order valence-electron chi connectivity index (χ4n) is 4.85. The standard InChI is InChI=1S/C22H30N4O3/c1-22(2,16-8-10-23-11-9-16)24-12-14-4-3-5-15-13-26(21(29)19(14)15)17-6-7-18(27)25-20(17)28/h3-5,16-17,23-24H,6-13H2,1-2H3,(H,25,27,28). The molecule has 3 aliphatic rings. The average Bonchev–Trinajstić information content (AvgIpc) is 3.04. The summed E-state index contributed by atoms with van der Waals surface area (Å²) in [6.45, 7) is 7.63. The smallest absolute Gasteiger partial charge is 0.255 e. The highest BCUT2D eigenvalue weighted by Crippen LogP contribution is 2.31. The van der Waals surface area contributed by atoms with Crippen LogP contribution in [0.1, 0.15) is 61.0 Å². The van der Waals surface area contributed by atoms with Gasteiger partial charge in [-0.3, -0.25) is 19.7 Å². The first-order valence-electron chi connectivity index (χ1n) is 10.6. The summed E-state index contributed by atoms with van der Waals surface area (Å²) >= 11 is 0. The van der Waals surface area contributed by atoms with Gasteiger partial charge in [0.1, 0.15) is 6.04 Å². The van der Waals surface area contributed by atoms with Gasteiger partial charge >= 0.3 is 0 Å². The van der Waals surface area contributed by atoms with E-state index >= 15 is 0 Å². The van der Waals surface area contributed by atoms with Crippen LogP contribution in [0, 0.1) is 5.92 Å². The molecule has 7 heteroatoms. The Bertz CT molecular complexity index is 829. The van der Waals surface area contributed by atoms with Crippen molar-refractivity contribution in [3.63, 3.8) is 0 Å². The van der Waals surface area contributed by atoms with Crippen molar-refractivity contribution in [2.24, 2.45) is 5.92 Å². The number of hydrogen-bond acceptors (Lipinski definition) is 5. The molecular weight excluding hydrogens is 368 g/mol. The van der Waals surface area contributed by atoms with Crippen molar-refractivity contribution in [3.05, 3.63) is 34.9 Å². The molecule has 0 saturated carbocycles. The molecule has 1 aromatic carbocycles. The highest BCUT2D eigenvalue weighted by atomic mass is 16.2. The molecule has 2 fully saturated rings. The molecule has 3 amide bonds. The van der Waals surface area contributed by atoms with E-state index in [9.17, 15) is 14.4 Å². The van der Waals surface area contributed by atoms with Gasteiger partial charge in [0.25, 0.3) is 5.91 Å². The van der Waals surface area contributed by atoms with Gasteiger partial charge in [-0.25, -0.2) is 0 Å². The van der Waals surface area contributed by atoms with E-state index in [4.69, 9.17) is 0 Å². The highest BCUT2D eigenvalue weighted by Gasteiger charge is 2.40. The third kappa shape index (κ3) is 3.94. The van der Waals surface area contributed by atoms with Gasteiger partial charge in [-0.15, -0.1) is 0 Å². The summed E-state index contributed by atoms with van der Waals surface area (Å²) in [6.07, 6.45) is 2.96. The van der Waals surface area contributed by atoms with E-state index in [1.54, 1.807) is 4.90 Å². The SMILES string of the molecule is CC(C)(NCc1cccc2c1C(=O)N(C1CCC(=O)NC1=O)C2)C1CCNCC1. The molecule has 0 aromatic heterocycles. The number of rotatable bonds is 5. The topological polar surface area (TPSA) is 90.5 Å². The molecule has 7 nitrogen and oxygen atoms in total. The van der Waals surface area contributed by atoms with Crippen molar-refractivity contribution in [2.45, 2.75) is 64.2 Å². The second kappa shape index (κ2) is 7.88. The van der Waals surface area contributed by atoms with Crippen molar-refractivity contribution in [1.82, 2.24) is 20.9 Å². The van der Waals surface area contributed by atoms with Gasteiger partial charge < -0.3 is 15.5 Å². The van der Waals surface area contributed by atoms with Gasteiger partial charge in [0.05, 0.1) is 0 Å². The predicted molar refractivity (Wildman–Crippen MR) is 109 cm³/mol. The molecule has 4 rings (SSSR count). The number of hydrogen-bond donors (Lipinski definition) is 3. The zero-order valence-electron chi connectivity index (χ0n) is 17.2. The summed E-state index contributed by atoms with van der Waals surface area (Å²) in [7, 11) is 0. The molecule has 0 bridgehead atoms. The van der Waals surface area contributed by atoms with Crippen LogP contribution in [0.25, 0.3) is 0 Å². The van der Waals surface area contributed by atoms with E-state index < -0.39 is 6.04 Å². The lowest BCUT2D eigenvalue weighted by Gasteiger charge is -2.38. The number of imide groups is 1. The number of carbonyl (C=O) groups excluding carboxylic acids is 3. The highest BCUT2D eigenvalue weighted by molar-refractivity contribution is 6.05. The number of amides is 3. The van der Waals surface area contributed by atoms with E-state index in [0.29, 0.717) is 31.0 Å². The number of benzene rings is 1. The zero-order valence-corrected chi connectivity index (χ0v) is 17.2. The first kappa shape index (κ1) is 20.0. The van der Waals surface area contributed by atoms with Crippen molar-refractivity contribution in [2.75, 3.05) is 13.1 Å². The molecule has 3 aliphatic heterocycles. The number of piperidine rings is 2. The summed E-state index contributed by atoms with van der Waals surface area (Å²) in [6, 6.07) is 5.37. The Kier molecular flexibility index (Phi) is 5.44. The molecular formula is C22H30N4O3. The Morgan fingerprint density at radius 2 is 1.90 bits per heavy atom. The van der Waals surface area contributed by atoms with Crippen molar-refractivity contribution in [1.29, 1.82) is 0 Å². The van der Waals surface area contributed by atoms with Crippen LogP contribution in [0.4, 0.5) is 0 Å². The maximum atomic E-state index is 13.2. The molecule has 0 radical (unpaired) electrons. The summed E-state index contributed by atoms with van der Waals surface area (Å²) in [4.78, 5) is 38.5. The summed E-state index contributed by atoms with van der Waals surface area (Å²) in [5.74, 6) is -0.141. The minimum atomic E-state index is -0.570. The number of carbonyl (C=O) groups is 3. The Morgan fingerprint density at radius 1 is 1.14 bits per heavy atom. The molecule has 156 valence electrons. The van der Waals surface area contributed by atoms with E-state index in [0.717, 1.165) is 37.1 Å². The first-order valence-corrected chi connectivity index (χ1v) is 10.6. The molecule has 0 aliphatic carbocycles. The summed E-state index contributed by atoms with van der Waals surface area (Å²) < 4.78 is 0. The Hall–Kier alpha value is -2.25. The third-order valence-electron chi connectivity index (χ3n) is 6.73. The lowest BCUT2D eigenvalue weighted by atomic mass is 9.80. The summed E-state index contributed by atoms with van der Waals surface area (Å²) in [5, 5.41) is 9.45.